The first-order chi connectivity index (χ1) is 16.9. The van der Waals surface area contributed by atoms with Crippen molar-refractivity contribution in [2.75, 3.05) is 40.9 Å². The van der Waals surface area contributed by atoms with E-state index in [0.29, 0.717) is 29.9 Å². The van der Waals surface area contributed by atoms with Gasteiger partial charge in [-0.05, 0) is 23.8 Å². The minimum Gasteiger partial charge on any atom is -0.496 e. The molecule has 0 aliphatic carbocycles. The van der Waals surface area contributed by atoms with Crippen LogP contribution in [0.4, 0.5) is 14.5 Å². The van der Waals surface area contributed by atoms with Crippen molar-refractivity contribution < 1.29 is 50.5 Å². The number of alkyl halides is 2. The third kappa shape index (κ3) is 6.62. The summed E-state index contributed by atoms with van der Waals surface area (Å²) in [5.74, 6) is -8.02. The number of carbonyl (C=O) groups excluding carboxylic acids is 2. The topological polar surface area (TPSA) is 126 Å². The lowest BCUT2D eigenvalue weighted by molar-refractivity contribution is -0.173. The number of ether oxygens (including phenoxy) is 5. The third-order valence-corrected chi connectivity index (χ3v) is 6.09. The van der Waals surface area contributed by atoms with Gasteiger partial charge in [0.1, 0.15) is 23.0 Å². The molecule has 0 unspecified atom stereocenters. The number of anilines is 1. The van der Waals surface area contributed by atoms with Gasteiger partial charge in [0.15, 0.2) is 9.84 Å². The summed E-state index contributed by atoms with van der Waals surface area (Å²) in [6.07, 6.45) is 1.29. The number of carbonyl (C=O) groups is 2. The first-order valence-electron chi connectivity index (χ1n) is 10.1. The van der Waals surface area contributed by atoms with Gasteiger partial charge in [-0.25, -0.2) is 13.2 Å². The molecule has 2 aromatic rings. The van der Waals surface area contributed by atoms with Crippen molar-refractivity contribution in [2.45, 2.75) is 11.7 Å². The van der Waals surface area contributed by atoms with Gasteiger partial charge in [0, 0.05) is 17.5 Å². The highest BCUT2D eigenvalue weighted by Gasteiger charge is 2.49. The van der Waals surface area contributed by atoms with E-state index >= 15 is 0 Å². The lowest BCUT2D eigenvalue weighted by Gasteiger charge is -2.16. The van der Waals surface area contributed by atoms with Gasteiger partial charge in [0.25, 0.3) is 0 Å². The van der Waals surface area contributed by atoms with Gasteiger partial charge in [0.05, 0.1) is 52.6 Å². The van der Waals surface area contributed by atoms with Crippen molar-refractivity contribution in [2.24, 2.45) is 0 Å². The molecule has 196 valence electrons. The molecule has 36 heavy (non-hydrogen) atoms. The highest BCUT2D eigenvalue weighted by molar-refractivity contribution is 7.93. The second kappa shape index (κ2) is 11.7. The molecule has 0 saturated heterocycles. The number of hydrogen-bond acceptors (Lipinski definition) is 9. The maximum Gasteiger partial charge on any atom is 0.419 e. The first-order valence-corrected chi connectivity index (χ1v) is 11.8. The predicted octanol–water partition coefficient (Wildman–Crippen LogP) is 3.05. The minimum absolute atomic E-state index is 0.0339. The number of esters is 1. The second-order valence-corrected chi connectivity index (χ2v) is 9.00. The Bertz CT molecular complexity index is 1240. The van der Waals surface area contributed by atoms with Crippen molar-refractivity contribution in [3.8, 4) is 23.0 Å². The molecule has 2 rings (SSSR count). The zero-order valence-electron chi connectivity index (χ0n) is 20.1. The summed E-state index contributed by atoms with van der Waals surface area (Å²) in [6, 6.07) is 6.92. The summed E-state index contributed by atoms with van der Waals surface area (Å²) in [5, 5.41) is 2.81. The SMILES string of the molecule is COC(=O)C(F)(F)C(=O)Nc1cc(CS(=O)(=O)/C=C/c2c(OC)cc(OC)cc2OC)ccc1OC. The average molecular weight is 530 g/mol. The summed E-state index contributed by atoms with van der Waals surface area (Å²) in [7, 11) is 2.28. The van der Waals surface area contributed by atoms with Crippen LogP contribution in [0.3, 0.4) is 0 Å². The van der Waals surface area contributed by atoms with Gasteiger partial charge in [-0.15, -0.1) is 0 Å². The highest BCUT2D eigenvalue weighted by atomic mass is 32.2. The second-order valence-electron chi connectivity index (χ2n) is 7.11. The Kier molecular flexibility index (Phi) is 9.23. The molecular formula is C23H25F2NO9S. The number of benzene rings is 2. The Morgan fingerprint density at radius 3 is 2.00 bits per heavy atom. The summed E-state index contributed by atoms with van der Waals surface area (Å²) < 4.78 is 78.0. The molecule has 0 aromatic heterocycles. The van der Waals surface area contributed by atoms with Crippen LogP contribution in [0.1, 0.15) is 11.1 Å². The van der Waals surface area contributed by atoms with Gasteiger partial charge in [-0.3, -0.25) is 4.79 Å². The van der Waals surface area contributed by atoms with Gasteiger partial charge < -0.3 is 29.0 Å². The van der Waals surface area contributed by atoms with Gasteiger partial charge >= 0.3 is 17.8 Å². The highest BCUT2D eigenvalue weighted by Crippen LogP contribution is 2.35. The Labute approximate surface area is 206 Å². The minimum atomic E-state index is -4.47. The van der Waals surface area contributed by atoms with Crippen LogP contribution in [0.5, 0.6) is 23.0 Å². The fourth-order valence-corrected chi connectivity index (χ4v) is 4.10. The monoisotopic (exact) mass is 529 g/mol. The maximum absolute atomic E-state index is 13.9. The number of amides is 1. The molecule has 0 radical (unpaired) electrons. The van der Waals surface area contributed by atoms with E-state index in [0.717, 1.165) is 11.5 Å². The molecule has 0 heterocycles. The van der Waals surface area contributed by atoms with Crippen LogP contribution in [0.25, 0.3) is 6.08 Å². The molecule has 0 aliphatic rings. The Balaban J connectivity index is 2.34. The molecule has 1 N–H and O–H groups in total. The van der Waals surface area contributed by atoms with Crippen LogP contribution < -0.4 is 24.3 Å². The molecule has 0 atom stereocenters. The normalized spacial score (nSPS) is 11.6. The van der Waals surface area contributed by atoms with Crippen molar-refractivity contribution in [3.05, 3.63) is 46.9 Å². The smallest absolute Gasteiger partial charge is 0.419 e. The summed E-state index contributed by atoms with van der Waals surface area (Å²) >= 11 is 0. The van der Waals surface area contributed by atoms with Crippen LogP contribution in [0.2, 0.25) is 0 Å². The van der Waals surface area contributed by atoms with E-state index in [4.69, 9.17) is 18.9 Å². The summed E-state index contributed by atoms with van der Waals surface area (Å²) in [6.45, 7) is 0. The van der Waals surface area contributed by atoms with Crippen molar-refractivity contribution in [3.63, 3.8) is 0 Å². The molecule has 0 fully saturated rings. The Morgan fingerprint density at radius 2 is 1.50 bits per heavy atom. The number of rotatable bonds is 11. The number of methoxy groups -OCH3 is 5. The zero-order valence-corrected chi connectivity index (χ0v) is 20.9. The summed E-state index contributed by atoms with van der Waals surface area (Å²) in [4.78, 5) is 23.2. The average Bonchev–Trinajstić information content (AvgIpc) is 2.86. The van der Waals surface area contributed by atoms with Crippen LogP contribution in [-0.2, 0) is 29.9 Å². The van der Waals surface area contributed by atoms with Gasteiger partial charge in [-0.1, -0.05) is 6.07 Å². The van der Waals surface area contributed by atoms with E-state index in [1.165, 1.54) is 46.6 Å². The number of nitrogens with one attached hydrogen (secondary N) is 1. The first kappa shape index (κ1) is 28.4. The van der Waals surface area contributed by atoms with E-state index in [-0.39, 0.29) is 17.0 Å². The molecule has 1 amide bonds. The van der Waals surface area contributed by atoms with Gasteiger partial charge in [-0.2, -0.15) is 8.78 Å². The molecule has 0 spiro atoms. The standard InChI is InChI=1S/C23H25F2NO9S/c1-31-15-11-19(33-3)16(20(12-15)34-4)8-9-36(29,30)13-14-6-7-18(32-2)17(10-14)26-21(27)23(24,25)22(28)35-5/h6-12H,13H2,1-5H3,(H,26,27)/b9-8+. The fourth-order valence-electron chi connectivity index (χ4n) is 3.01. The van der Waals surface area contributed by atoms with Crippen molar-refractivity contribution in [1.82, 2.24) is 0 Å². The summed E-state index contributed by atoms with van der Waals surface area (Å²) in [5.41, 5.74) is 0.226. The van der Waals surface area contributed by atoms with Crippen molar-refractivity contribution >= 4 is 33.5 Å². The zero-order chi connectivity index (χ0) is 27.1. The number of sulfone groups is 1. The maximum atomic E-state index is 13.9. The largest absolute Gasteiger partial charge is 0.496 e. The number of hydrogen-bond donors (Lipinski definition) is 1. The molecule has 2 aromatic carbocycles. The van der Waals surface area contributed by atoms with E-state index in [1.54, 1.807) is 12.1 Å². The molecule has 0 saturated carbocycles. The Morgan fingerprint density at radius 1 is 0.917 bits per heavy atom. The number of halogens is 2. The molecular weight excluding hydrogens is 504 g/mol. The van der Waals surface area contributed by atoms with Gasteiger partial charge in [0.2, 0.25) is 0 Å². The van der Waals surface area contributed by atoms with Crippen LogP contribution in [0.15, 0.2) is 35.7 Å². The lowest BCUT2D eigenvalue weighted by Crippen LogP contribution is -2.42. The van der Waals surface area contributed by atoms with E-state index < -0.39 is 33.4 Å². The lowest BCUT2D eigenvalue weighted by atomic mass is 10.1. The van der Waals surface area contributed by atoms with E-state index in [1.807, 2.05) is 5.32 Å². The molecule has 0 bridgehead atoms. The predicted molar refractivity (Wildman–Crippen MR) is 126 cm³/mol. The van der Waals surface area contributed by atoms with Crippen molar-refractivity contribution in [1.29, 1.82) is 0 Å². The van der Waals surface area contributed by atoms with Crippen LogP contribution in [-0.4, -0.2) is 61.8 Å². The molecule has 13 heteroatoms. The van der Waals surface area contributed by atoms with E-state index in [2.05, 4.69) is 4.74 Å². The van der Waals surface area contributed by atoms with Crippen LogP contribution in [0, 0.1) is 0 Å². The quantitative estimate of drug-likeness (QED) is 0.345. The third-order valence-electron chi connectivity index (χ3n) is 4.80. The Hall–Kier alpha value is -3.87. The fraction of sp³-hybridized carbons (Fsp3) is 0.304. The van der Waals surface area contributed by atoms with Crippen LogP contribution >= 0.6 is 0 Å². The van der Waals surface area contributed by atoms with E-state index in [9.17, 15) is 26.8 Å². The molecule has 0 aliphatic heterocycles. The molecule has 10 nitrogen and oxygen atoms in total.